The van der Waals surface area contributed by atoms with E-state index < -0.39 is 0 Å². The van der Waals surface area contributed by atoms with Gasteiger partial charge in [-0.05, 0) is 68.9 Å². The molecule has 0 heterocycles. The van der Waals surface area contributed by atoms with Gasteiger partial charge in [-0.15, -0.1) is 0 Å². The molecule has 0 bridgehead atoms. The summed E-state index contributed by atoms with van der Waals surface area (Å²) in [6, 6.07) is 40.4. The topological polar surface area (TPSA) is 0 Å². The van der Waals surface area contributed by atoms with Crippen molar-refractivity contribution in [3.05, 3.63) is 115 Å². The molecule has 0 unspecified atom stereocenters. The lowest BCUT2D eigenvalue weighted by Gasteiger charge is -2.19. The average molecular weight is 420 g/mol. The lowest BCUT2D eigenvalue weighted by Crippen LogP contribution is -2.11. The molecule has 5 rings (SSSR count). The summed E-state index contributed by atoms with van der Waals surface area (Å²) in [7, 11) is -0.162. The Hall–Kier alpha value is -3.03. The molecule has 0 radical (unpaired) electrons. The second-order valence-corrected chi connectivity index (χ2v) is 11.1. The first-order valence-corrected chi connectivity index (χ1v) is 12.0. The van der Waals surface area contributed by atoms with Crippen LogP contribution in [-0.4, -0.2) is 0 Å². The van der Waals surface area contributed by atoms with Gasteiger partial charge in [-0.3, -0.25) is 0 Å². The molecule has 0 saturated heterocycles. The molecule has 0 atom stereocenters. The third-order valence-electron chi connectivity index (χ3n) is 5.87. The summed E-state index contributed by atoms with van der Waals surface area (Å²) in [6.07, 6.45) is 0. The van der Waals surface area contributed by atoms with Crippen LogP contribution >= 0.6 is 0 Å². The number of rotatable bonds is 3. The van der Waals surface area contributed by atoms with E-state index in [0.717, 1.165) is 0 Å². The smallest absolute Gasteiger partial charge is 0.0616 e. The highest BCUT2D eigenvalue weighted by Crippen LogP contribution is 2.35. The van der Waals surface area contributed by atoms with Crippen LogP contribution in [0.15, 0.2) is 124 Å². The van der Waals surface area contributed by atoms with Crippen LogP contribution in [0.2, 0.25) is 0 Å². The van der Waals surface area contributed by atoms with Crippen molar-refractivity contribution in [2.45, 2.75) is 40.9 Å². The van der Waals surface area contributed by atoms with Gasteiger partial charge in [-0.25, -0.2) is 0 Å². The molecule has 0 saturated carbocycles. The molecule has 31 heavy (non-hydrogen) atoms. The predicted octanol–water partition coefficient (Wildman–Crippen LogP) is 8.39. The van der Waals surface area contributed by atoms with Gasteiger partial charge in [0.05, 0.1) is 10.9 Å². The van der Waals surface area contributed by atoms with Crippen LogP contribution in [0.25, 0.3) is 21.5 Å². The number of benzene rings is 5. The molecule has 0 N–H and O–H groups in total. The van der Waals surface area contributed by atoms with Gasteiger partial charge in [0.25, 0.3) is 0 Å². The summed E-state index contributed by atoms with van der Waals surface area (Å²) in [5.41, 5.74) is 1.53. The first-order valence-electron chi connectivity index (χ1n) is 10.8. The van der Waals surface area contributed by atoms with Gasteiger partial charge in [0.15, 0.2) is 14.7 Å². The first-order chi connectivity index (χ1) is 15.0. The zero-order valence-electron chi connectivity index (χ0n) is 18.3. The van der Waals surface area contributed by atoms with Crippen LogP contribution < -0.4 is 0 Å². The summed E-state index contributed by atoms with van der Waals surface area (Å²) in [6.45, 7) is 6.82. The van der Waals surface area contributed by atoms with Crippen molar-refractivity contribution in [1.82, 2.24) is 0 Å². The minimum atomic E-state index is -0.162. The van der Waals surface area contributed by atoms with E-state index in [1.54, 1.807) is 0 Å². The molecule has 0 fully saturated rings. The van der Waals surface area contributed by atoms with E-state index in [4.69, 9.17) is 0 Å². The van der Waals surface area contributed by atoms with E-state index >= 15 is 0 Å². The lowest BCUT2D eigenvalue weighted by molar-refractivity contribution is 0.589. The molecule has 0 aromatic heterocycles. The molecule has 0 amide bonds. The largest absolute Gasteiger partial charge is 0.167 e. The second-order valence-electron chi connectivity index (χ2n) is 9.10. The summed E-state index contributed by atoms with van der Waals surface area (Å²) in [5.74, 6) is 0. The van der Waals surface area contributed by atoms with Gasteiger partial charge in [-0.1, -0.05) is 81.4 Å². The molecule has 0 nitrogen and oxygen atoms in total. The van der Waals surface area contributed by atoms with Crippen LogP contribution in [0.1, 0.15) is 26.3 Å². The summed E-state index contributed by atoms with van der Waals surface area (Å²) < 4.78 is 0. The Morgan fingerprint density at radius 1 is 0.452 bits per heavy atom. The van der Waals surface area contributed by atoms with E-state index in [2.05, 4.69) is 130 Å². The zero-order valence-corrected chi connectivity index (χ0v) is 19.1. The lowest BCUT2D eigenvalue weighted by atomic mass is 9.87. The molecule has 0 aliphatic heterocycles. The van der Waals surface area contributed by atoms with Gasteiger partial charge < -0.3 is 0 Å². The van der Waals surface area contributed by atoms with Crippen molar-refractivity contribution in [1.29, 1.82) is 0 Å². The molecule has 0 aliphatic carbocycles. The van der Waals surface area contributed by atoms with Gasteiger partial charge in [0.2, 0.25) is 0 Å². The molecule has 5 aromatic carbocycles. The average Bonchev–Trinajstić information content (AvgIpc) is 2.79. The van der Waals surface area contributed by atoms with E-state index in [0.29, 0.717) is 0 Å². The molecular formula is C30H27S+. The predicted molar refractivity (Wildman–Crippen MR) is 135 cm³/mol. The van der Waals surface area contributed by atoms with Crippen molar-refractivity contribution < 1.29 is 0 Å². The fourth-order valence-electron chi connectivity index (χ4n) is 4.09. The van der Waals surface area contributed by atoms with Crippen LogP contribution in [0.5, 0.6) is 0 Å². The highest BCUT2D eigenvalue weighted by atomic mass is 32.2. The zero-order chi connectivity index (χ0) is 21.4. The van der Waals surface area contributed by atoms with Crippen molar-refractivity contribution in [3.8, 4) is 0 Å². The number of hydrogen-bond donors (Lipinski definition) is 0. The first kappa shape index (κ1) is 19.9. The fourth-order valence-corrected chi connectivity index (χ4v) is 6.21. The minimum absolute atomic E-state index is 0.156. The Morgan fingerprint density at radius 3 is 1.32 bits per heavy atom. The minimum Gasteiger partial charge on any atom is -0.0616 e. The van der Waals surface area contributed by atoms with Crippen molar-refractivity contribution in [3.63, 3.8) is 0 Å². The van der Waals surface area contributed by atoms with Gasteiger partial charge >= 0.3 is 0 Å². The summed E-state index contributed by atoms with van der Waals surface area (Å²) in [5, 5.41) is 5.17. The van der Waals surface area contributed by atoms with E-state index in [1.165, 1.54) is 41.8 Å². The molecule has 5 aromatic rings. The third-order valence-corrected chi connectivity index (χ3v) is 8.06. The molecule has 1 heteroatoms. The van der Waals surface area contributed by atoms with Crippen molar-refractivity contribution in [2.24, 2.45) is 0 Å². The Kier molecular flexibility index (Phi) is 5.08. The van der Waals surface area contributed by atoms with Crippen molar-refractivity contribution in [2.75, 3.05) is 0 Å². The van der Waals surface area contributed by atoms with E-state index in [-0.39, 0.29) is 16.3 Å². The van der Waals surface area contributed by atoms with E-state index in [1.807, 2.05) is 0 Å². The Bertz CT molecular complexity index is 1280. The number of fused-ring (bicyclic) bond motifs is 2. The Balaban J connectivity index is 1.68. The quantitative estimate of drug-likeness (QED) is 0.258. The normalized spacial score (nSPS) is 12.0. The summed E-state index contributed by atoms with van der Waals surface area (Å²) in [4.78, 5) is 4.08. The van der Waals surface area contributed by atoms with Crippen LogP contribution in [0, 0.1) is 0 Å². The van der Waals surface area contributed by atoms with Crippen LogP contribution in [0.4, 0.5) is 0 Å². The second kappa shape index (κ2) is 7.90. The Morgan fingerprint density at radius 2 is 0.871 bits per heavy atom. The highest BCUT2D eigenvalue weighted by Gasteiger charge is 2.29. The van der Waals surface area contributed by atoms with Gasteiger partial charge in [0, 0.05) is 12.1 Å². The Labute approximate surface area is 187 Å². The molecule has 152 valence electrons. The SMILES string of the molecule is CC(C)(C)c1ccc([S+](c2ccc3ccccc3c2)c2ccc3ccccc3c2)cc1. The fraction of sp³-hybridized carbons (Fsp3) is 0.133. The maximum Gasteiger partial charge on any atom is 0.167 e. The highest BCUT2D eigenvalue weighted by molar-refractivity contribution is 7.97. The maximum absolute atomic E-state index is 2.37. The standard InChI is InChI=1S/C30H27S/c1-30(2,3)26-14-18-27(19-15-26)31(28-16-12-22-8-4-6-10-24(22)20-28)29-17-13-23-9-5-7-11-25(23)21-29/h4-21H,1-3H3/q+1. The molecule has 0 aliphatic rings. The van der Waals surface area contributed by atoms with Crippen molar-refractivity contribution >= 4 is 32.4 Å². The van der Waals surface area contributed by atoms with E-state index in [9.17, 15) is 0 Å². The summed E-state index contributed by atoms with van der Waals surface area (Å²) >= 11 is 0. The van der Waals surface area contributed by atoms with Crippen LogP contribution in [0.3, 0.4) is 0 Å². The molecule has 0 spiro atoms. The number of hydrogen-bond acceptors (Lipinski definition) is 0. The molecular weight excluding hydrogens is 392 g/mol. The van der Waals surface area contributed by atoms with Crippen LogP contribution in [-0.2, 0) is 16.3 Å². The monoisotopic (exact) mass is 419 g/mol. The third kappa shape index (κ3) is 3.98. The van der Waals surface area contributed by atoms with Gasteiger partial charge in [-0.2, -0.15) is 0 Å². The maximum atomic E-state index is 2.37. The van der Waals surface area contributed by atoms with Gasteiger partial charge in [0.1, 0.15) is 0 Å².